The lowest BCUT2D eigenvalue weighted by atomic mass is 9.91. The smallest absolute Gasteiger partial charge is 0.176 e. The first kappa shape index (κ1) is 15.2. The Hall–Kier alpha value is -1.15. The SMILES string of the molecule is CC(C)c1ccc(C(=O)CN2CCCC(C)C2C)cc1. The summed E-state index contributed by atoms with van der Waals surface area (Å²) in [5.74, 6) is 1.46. The lowest BCUT2D eigenvalue weighted by Gasteiger charge is -2.37. The van der Waals surface area contributed by atoms with E-state index < -0.39 is 0 Å². The Balaban J connectivity index is 2.00. The first-order chi connectivity index (χ1) is 9.49. The molecule has 2 nitrogen and oxygen atoms in total. The monoisotopic (exact) mass is 273 g/mol. The number of ketones is 1. The predicted molar refractivity (Wildman–Crippen MR) is 84.3 cm³/mol. The van der Waals surface area contributed by atoms with Gasteiger partial charge in [0.25, 0.3) is 0 Å². The van der Waals surface area contributed by atoms with Crippen LogP contribution in [0.4, 0.5) is 0 Å². The quantitative estimate of drug-likeness (QED) is 0.769. The Labute approximate surface area is 123 Å². The molecule has 1 aliphatic rings. The molecule has 2 atom stereocenters. The van der Waals surface area contributed by atoms with Gasteiger partial charge in [0.2, 0.25) is 0 Å². The van der Waals surface area contributed by atoms with Crippen LogP contribution in [0, 0.1) is 5.92 Å². The third-order valence-corrected chi connectivity index (χ3v) is 4.75. The maximum absolute atomic E-state index is 12.4. The third-order valence-electron chi connectivity index (χ3n) is 4.75. The Morgan fingerprint density at radius 3 is 2.50 bits per heavy atom. The molecular formula is C18H27NO. The van der Waals surface area contributed by atoms with E-state index >= 15 is 0 Å². The third kappa shape index (κ3) is 3.49. The molecule has 2 heteroatoms. The zero-order chi connectivity index (χ0) is 14.7. The molecule has 1 fully saturated rings. The van der Waals surface area contributed by atoms with Crippen LogP contribution in [-0.4, -0.2) is 29.8 Å². The molecule has 1 saturated heterocycles. The molecule has 1 aliphatic heterocycles. The molecule has 2 rings (SSSR count). The highest BCUT2D eigenvalue weighted by Gasteiger charge is 2.26. The van der Waals surface area contributed by atoms with E-state index in [9.17, 15) is 4.79 Å². The van der Waals surface area contributed by atoms with Crippen molar-refractivity contribution in [3.8, 4) is 0 Å². The van der Waals surface area contributed by atoms with Gasteiger partial charge in [-0.25, -0.2) is 0 Å². The van der Waals surface area contributed by atoms with E-state index in [1.807, 2.05) is 12.1 Å². The number of hydrogen-bond acceptors (Lipinski definition) is 2. The average Bonchev–Trinajstić information content (AvgIpc) is 2.44. The van der Waals surface area contributed by atoms with Gasteiger partial charge in [-0.2, -0.15) is 0 Å². The van der Waals surface area contributed by atoms with Crippen LogP contribution in [0.5, 0.6) is 0 Å². The molecule has 0 N–H and O–H groups in total. The van der Waals surface area contributed by atoms with Gasteiger partial charge in [-0.15, -0.1) is 0 Å². The zero-order valence-electron chi connectivity index (χ0n) is 13.2. The summed E-state index contributed by atoms with van der Waals surface area (Å²) in [4.78, 5) is 14.7. The van der Waals surface area contributed by atoms with Gasteiger partial charge in [0, 0.05) is 11.6 Å². The molecule has 1 aromatic rings. The molecule has 0 amide bonds. The number of likely N-dealkylation sites (tertiary alicyclic amines) is 1. The molecule has 0 saturated carbocycles. The number of nitrogens with zero attached hydrogens (tertiary/aromatic N) is 1. The lowest BCUT2D eigenvalue weighted by molar-refractivity contribution is 0.0779. The number of Topliss-reactive ketones (excluding diaryl/α,β-unsaturated/α-hetero) is 1. The highest BCUT2D eigenvalue weighted by Crippen LogP contribution is 2.23. The van der Waals surface area contributed by atoms with Crippen molar-refractivity contribution in [2.24, 2.45) is 5.92 Å². The van der Waals surface area contributed by atoms with E-state index in [2.05, 4.69) is 44.7 Å². The fourth-order valence-corrected chi connectivity index (χ4v) is 2.97. The number of carbonyl (C=O) groups is 1. The van der Waals surface area contributed by atoms with Crippen molar-refractivity contribution in [1.29, 1.82) is 0 Å². The van der Waals surface area contributed by atoms with Gasteiger partial charge >= 0.3 is 0 Å². The Morgan fingerprint density at radius 2 is 1.90 bits per heavy atom. The van der Waals surface area contributed by atoms with E-state index in [4.69, 9.17) is 0 Å². The van der Waals surface area contributed by atoms with Crippen molar-refractivity contribution in [3.05, 3.63) is 35.4 Å². The van der Waals surface area contributed by atoms with Gasteiger partial charge in [-0.05, 0) is 43.7 Å². The maximum atomic E-state index is 12.4. The van der Waals surface area contributed by atoms with Crippen molar-refractivity contribution < 1.29 is 4.79 Å². The minimum absolute atomic E-state index is 0.251. The van der Waals surface area contributed by atoms with E-state index in [0.29, 0.717) is 24.4 Å². The second-order valence-corrected chi connectivity index (χ2v) is 6.53. The molecule has 2 unspecified atom stereocenters. The largest absolute Gasteiger partial charge is 0.293 e. The van der Waals surface area contributed by atoms with Crippen molar-refractivity contribution >= 4 is 5.78 Å². The summed E-state index contributed by atoms with van der Waals surface area (Å²) in [6, 6.07) is 8.65. The summed E-state index contributed by atoms with van der Waals surface area (Å²) in [5.41, 5.74) is 2.14. The second-order valence-electron chi connectivity index (χ2n) is 6.53. The fourth-order valence-electron chi connectivity index (χ4n) is 2.97. The molecule has 0 bridgehead atoms. The summed E-state index contributed by atoms with van der Waals surface area (Å²) in [5, 5.41) is 0. The average molecular weight is 273 g/mol. The molecule has 20 heavy (non-hydrogen) atoms. The fraction of sp³-hybridized carbons (Fsp3) is 0.611. The van der Waals surface area contributed by atoms with E-state index in [1.54, 1.807) is 0 Å². The molecule has 1 heterocycles. The summed E-state index contributed by atoms with van der Waals surface area (Å²) < 4.78 is 0. The maximum Gasteiger partial charge on any atom is 0.176 e. The van der Waals surface area contributed by atoms with Crippen LogP contribution >= 0.6 is 0 Å². The van der Waals surface area contributed by atoms with E-state index in [0.717, 1.165) is 12.1 Å². The number of rotatable bonds is 4. The van der Waals surface area contributed by atoms with Crippen LogP contribution in [-0.2, 0) is 0 Å². The molecule has 0 radical (unpaired) electrons. The molecule has 1 aromatic carbocycles. The van der Waals surface area contributed by atoms with Crippen molar-refractivity contribution in [2.45, 2.75) is 52.5 Å². The van der Waals surface area contributed by atoms with Crippen LogP contribution in [0.3, 0.4) is 0 Å². The molecule has 110 valence electrons. The molecule has 0 aromatic heterocycles. The first-order valence-electron chi connectivity index (χ1n) is 7.86. The lowest BCUT2D eigenvalue weighted by Crippen LogP contribution is -2.44. The standard InChI is InChI=1S/C18H27NO/c1-13(2)16-7-9-17(10-8-16)18(20)12-19-11-5-6-14(3)15(19)4/h7-10,13-15H,5-6,11-12H2,1-4H3. The highest BCUT2D eigenvalue weighted by molar-refractivity contribution is 5.97. The van der Waals surface area contributed by atoms with Crippen molar-refractivity contribution in [3.63, 3.8) is 0 Å². The minimum Gasteiger partial charge on any atom is -0.293 e. The van der Waals surface area contributed by atoms with Crippen LogP contribution in [0.25, 0.3) is 0 Å². The van der Waals surface area contributed by atoms with Crippen LogP contribution in [0.15, 0.2) is 24.3 Å². The summed E-state index contributed by atoms with van der Waals surface area (Å²) in [6.45, 7) is 10.5. The topological polar surface area (TPSA) is 20.3 Å². The Bertz CT molecular complexity index is 449. The Morgan fingerprint density at radius 1 is 1.25 bits per heavy atom. The summed E-state index contributed by atoms with van der Waals surface area (Å²) >= 11 is 0. The van der Waals surface area contributed by atoms with Crippen molar-refractivity contribution in [2.75, 3.05) is 13.1 Å². The normalized spacial score (nSPS) is 24.1. The van der Waals surface area contributed by atoms with Gasteiger partial charge in [0.1, 0.15) is 0 Å². The minimum atomic E-state index is 0.251. The Kier molecular flexibility index (Phi) is 4.98. The van der Waals surface area contributed by atoms with E-state index in [1.165, 1.54) is 18.4 Å². The van der Waals surface area contributed by atoms with Gasteiger partial charge in [-0.1, -0.05) is 45.0 Å². The number of hydrogen-bond donors (Lipinski definition) is 0. The van der Waals surface area contributed by atoms with Crippen LogP contribution in [0.2, 0.25) is 0 Å². The second kappa shape index (κ2) is 6.53. The van der Waals surface area contributed by atoms with E-state index in [-0.39, 0.29) is 5.78 Å². The first-order valence-corrected chi connectivity index (χ1v) is 7.86. The summed E-state index contributed by atoms with van der Waals surface area (Å²) in [7, 11) is 0. The number of piperidine rings is 1. The number of benzene rings is 1. The summed E-state index contributed by atoms with van der Waals surface area (Å²) in [6.07, 6.45) is 2.50. The highest BCUT2D eigenvalue weighted by atomic mass is 16.1. The van der Waals surface area contributed by atoms with Gasteiger partial charge in [-0.3, -0.25) is 9.69 Å². The van der Waals surface area contributed by atoms with Gasteiger partial charge in [0.15, 0.2) is 5.78 Å². The van der Waals surface area contributed by atoms with Crippen LogP contribution in [0.1, 0.15) is 62.4 Å². The van der Waals surface area contributed by atoms with Gasteiger partial charge < -0.3 is 0 Å². The zero-order valence-corrected chi connectivity index (χ0v) is 13.2. The van der Waals surface area contributed by atoms with Gasteiger partial charge in [0.05, 0.1) is 6.54 Å². The predicted octanol–water partition coefficient (Wildman–Crippen LogP) is 4.11. The van der Waals surface area contributed by atoms with Crippen molar-refractivity contribution in [1.82, 2.24) is 4.90 Å². The molecule has 0 spiro atoms. The number of carbonyl (C=O) groups excluding carboxylic acids is 1. The van der Waals surface area contributed by atoms with Crippen LogP contribution < -0.4 is 0 Å². The molecular weight excluding hydrogens is 246 g/mol. The molecule has 0 aliphatic carbocycles.